The minimum atomic E-state index is -1.05. The molecule has 27 heavy (non-hydrogen) atoms. The number of nitro groups is 1. The summed E-state index contributed by atoms with van der Waals surface area (Å²) in [5, 5.41) is 26.1. The van der Waals surface area contributed by atoms with Crippen LogP contribution >= 0.6 is 0 Å². The van der Waals surface area contributed by atoms with Gasteiger partial charge in [0, 0.05) is 0 Å². The first-order chi connectivity index (χ1) is 12.6. The Bertz CT molecular complexity index is 836. The van der Waals surface area contributed by atoms with Gasteiger partial charge in [0.2, 0.25) is 5.91 Å². The van der Waals surface area contributed by atoms with E-state index in [1.54, 1.807) is 12.1 Å². The summed E-state index contributed by atoms with van der Waals surface area (Å²) in [6, 6.07) is 7.89. The number of carboxylic acid groups (broad SMARTS) is 1. The second-order valence-electron chi connectivity index (χ2n) is 7.22. The third-order valence-corrected chi connectivity index (χ3v) is 4.01. The lowest BCUT2D eigenvalue weighted by atomic mass is 9.86. The van der Waals surface area contributed by atoms with Gasteiger partial charge in [0.15, 0.2) is 0 Å². The minimum Gasteiger partial charge on any atom is -0.481 e. The van der Waals surface area contributed by atoms with Crippen LogP contribution in [0.25, 0.3) is 0 Å². The lowest BCUT2D eigenvalue weighted by Gasteiger charge is -2.21. The van der Waals surface area contributed by atoms with Crippen molar-refractivity contribution in [2.75, 3.05) is 0 Å². The molecule has 9 nitrogen and oxygen atoms in total. The molecule has 2 rings (SSSR count). The second kappa shape index (κ2) is 7.98. The van der Waals surface area contributed by atoms with Gasteiger partial charge >= 0.3 is 11.8 Å². The average Bonchev–Trinajstić information content (AvgIpc) is 3.02. The summed E-state index contributed by atoms with van der Waals surface area (Å²) in [6.45, 7) is 5.97. The molecule has 1 heterocycles. The number of amides is 1. The molecular weight excluding hydrogens is 352 g/mol. The van der Waals surface area contributed by atoms with Gasteiger partial charge in [-0.3, -0.25) is 9.59 Å². The third-order valence-electron chi connectivity index (χ3n) is 4.01. The van der Waals surface area contributed by atoms with Crippen molar-refractivity contribution in [1.82, 2.24) is 15.1 Å². The van der Waals surface area contributed by atoms with Crippen LogP contribution in [0.1, 0.15) is 44.4 Å². The Kier molecular flexibility index (Phi) is 5.94. The highest BCUT2D eigenvalue weighted by atomic mass is 16.6. The van der Waals surface area contributed by atoms with Crippen molar-refractivity contribution in [3.8, 4) is 0 Å². The molecule has 1 amide bonds. The fraction of sp³-hybridized carbons (Fsp3) is 0.389. The first-order valence-corrected chi connectivity index (χ1v) is 8.35. The number of nitrogens with one attached hydrogen (secondary N) is 1. The largest absolute Gasteiger partial charge is 0.481 e. The van der Waals surface area contributed by atoms with Crippen LogP contribution in [0.15, 0.2) is 36.5 Å². The van der Waals surface area contributed by atoms with Gasteiger partial charge in [-0.1, -0.05) is 45.0 Å². The summed E-state index contributed by atoms with van der Waals surface area (Å²) in [5.74, 6) is -1.89. The Balaban J connectivity index is 2.12. The van der Waals surface area contributed by atoms with Crippen LogP contribution in [0.5, 0.6) is 0 Å². The molecule has 0 aliphatic rings. The van der Waals surface area contributed by atoms with Gasteiger partial charge in [-0.25, -0.2) is 0 Å². The van der Waals surface area contributed by atoms with Gasteiger partial charge in [-0.05, 0) is 21.5 Å². The summed E-state index contributed by atoms with van der Waals surface area (Å²) < 4.78 is 1.13. The van der Waals surface area contributed by atoms with Gasteiger partial charge in [0.05, 0.1) is 29.8 Å². The SMILES string of the molecule is CC(C)(C)c1ccc(C(CC(=O)O)NC(=O)Cn2ccc([N+](=O)[O-])n2)cc1. The van der Waals surface area contributed by atoms with E-state index in [-0.39, 0.29) is 24.2 Å². The maximum absolute atomic E-state index is 12.2. The highest BCUT2D eigenvalue weighted by Crippen LogP contribution is 2.25. The number of hydrogen-bond acceptors (Lipinski definition) is 5. The summed E-state index contributed by atoms with van der Waals surface area (Å²) in [4.78, 5) is 33.4. The maximum Gasteiger partial charge on any atom is 0.389 e. The molecule has 0 spiro atoms. The molecule has 0 saturated carbocycles. The molecule has 0 bridgehead atoms. The molecule has 9 heteroatoms. The number of benzene rings is 1. The van der Waals surface area contributed by atoms with Crippen molar-refractivity contribution in [3.05, 3.63) is 57.8 Å². The quantitative estimate of drug-likeness (QED) is 0.566. The monoisotopic (exact) mass is 374 g/mol. The number of hydrogen-bond donors (Lipinski definition) is 2. The van der Waals surface area contributed by atoms with E-state index < -0.39 is 22.8 Å². The van der Waals surface area contributed by atoms with E-state index in [0.29, 0.717) is 5.56 Å². The fourth-order valence-electron chi connectivity index (χ4n) is 2.57. The van der Waals surface area contributed by atoms with Crippen molar-refractivity contribution >= 4 is 17.7 Å². The Morgan fingerprint density at radius 3 is 2.37 bits per heavy atom. The van der Waals surface area contributed by atoms with Crippen LogP contribution in [-0.2, 0) is 21.5 Å². The van der Waals surface area contributed by atoms with Gasteiger partial charge in [-0.15, -0.1) is 0 Å². The van der Waals surface area contributed by atoms with Crippen molar-refractivity contribution in [2.24, 2.45) is 0 Å². The summed E-state index contributed by atoms with van der Waals surface area (Å²) in [6.07, 6.45) is 1.04. The molecule has 2 aromatic rings. The van der Waals surface area contributed by atoms with Crippen LogP contribution in [0.2, 0.25) is 0 Å². The fourth-order valence-corrected chi connectivity index (χ4v) is 2.57. The Morgan fingerprint density at radius 2 is 1.89 bits per heavy atom. The number of aromatic nitrogens is 2. The van der Waals surface area contributed by atoms with Crippen LogP contribution in [-0.4, -0.2) is 31.7 Å². The van der Waals surface area contributed by atoms with Crippen molar-refractivity contribution in [2.45, 2.75) is 45.2 Å². The minimum absolute atomic E-state index is 0.0428. The lowest BCUT2D eigenvalue weighted by molar-refractivity contribution is -0.389. The highest BCUT2D eigenvalue weighted by molar-refractivity contribution is 5.77. The standard InChI is InChI=1S/C18H22N4O5/c1-18(2,3)13-6-4-12(5-7-13)14(10-17(24)25)19-16(23)11-21-9-8-15(20-21)22(26)27/h4-9,14H,10-11H2,1-3H3,(H,19,23)(H,24,25). The number of carbonyl (C=O) groups excluding carboxylic acids is 1. The van der Waals surface area contributed by atoms with E-state index in [4.69, 9.17) is 5.11 Å². The zero-order chi connectivity index (χ0) is 20.2. The Morgan fingerprint density at radius 1 is 1.26 bits per heavy atom. The highest BCUT2D eigenvalue weighted by Gasteiger charge is 2.21. The molecule has 0 radical (unpaired) electrons. The number of nitrogens with zero attached hydrogens (tertiary/aromatic N) is 3. The molecule has 1 aromatic heterocycles. The maximum atomic E-state index is 12.2. The van der Waals surface area contributed by atoms with Crippen molar-refractivity contribution in [3.63, 3.8) is 0 Å². The Hall–Kier alpha value is -3.23. The normalized spacial score (nSPS) is 12.4. The van der Waals surface area contributed by atoms with Crippen LogP contribution < -0.4 is 5.32 Å². The molecule has 0 saturated heterocycles. The van der Waals surface area contributed by atoms with Crippen LogP contribution in [0.3, 0.4) is 0 Å². The zero-order valence-electron chi connectivity index (χ0n) is 15.4. The van der Waals surface area contributed by atoms with Crippen LogP contribution in [0, 0.1) is 10.1 Å². The van der Waals surface area contributed by atoms with E-state index >= 15 is 0 Å². The first-order valence-electron chi connectivity index (χ1n) is 8.35. The molecule has 1 unspecified atom stereocenters. The van der Waals surface area contributed by atoms with Gasteiger partial charge < -0.3 is 20.5 Å². The molecule has 144 valence electrons. The topological polar surface area (TPSA) is 127 Å². The summed E-state index contributed by atoms with van der Waals surface area (Å²) >= 11 is 0. The Labute approximate surface area is 156 Å². The predicted octanol–water partition coefficient (Wildman–Crippen LogP) is 2.42. The molecule has 1 atom stereocenters. The van der Waals surface area contributed by atoms with Gasteiger partial charge in [-0.2, -0.15) is 4.68 Å². The third kappa shape index (κ3) is 5.63. The average molecular weight is 374 g/mol. The van der Waals surface area contributed by atoms with Gasteiger partial charge in [0.1, 0.15) is 6.54 Å². The molecule has 0 fully saturated rings. The molecule has 0 aliphatic carbocycles. The second-order valence-corrected chi connectivity index (χ2v) is 7.22. The molecule has 0 aliphatic heterocycles. The van der Waals surface area contributed by atoms with E-state index in [1.165, 1.54) is 12.3 Å². The summed E-state index contributed by atoms with van der Waals surface area (Å²) in [5.41, 5.74) is 1.72. The van der Waals surface area contributed by atoms with Crippen LogP contribution in [0.4, 0.5) is 5.82 Å². The summed E-state index contributed by atoms with van der Waals surface area (Å²) in [7, 11) is 0. The number of rotatable bonds is 7. The zero-order valence-corrected chi connectivity index (χ0v) is 15.4. The van der Waals surface area contributed by atoms with Crippen molar-refractivity contribution < 1.29 is 19.6 Å². The number of aliphatic carboxylic acids is 1. The lowest BCUT2D eigenvalue weighted by Crippen LogP contribution is -2.33. The number of carboxylic acids is 1. The smallest absolute Gasteiger partial charge is 0.389 e. The van der Waals surface area contributed by atoms with E-state index in [0.717, 1.165) is 10.2 Å². The van der Waals surface area contributed by atoms with E-state index in [1.807, 2.05) is 12.1 Å². The first kappa shape index (κ1) is 20.1. The van der Waals surface area contributed by atoms with E-state index in [9.17, 15) is 19.7 Å². The number of carbonyl (C=O) groups is 2. The molecule has 2 N–H and O–H groups in total. The van der Waals surface area contributed by atoms with Crippen molar-refractivity contribution in [1.29, 1.82) is 0 Å². The molecule has 1 aromatic carbocycles. The van der Waals surface area contributed by atoms with Gasteiger partial charge in [0.25, 0.3) is 0 Å². The molecular formula is C18H22N4O5. The predicted molar refractivity (Wildman–Crippen MR) is 97.2 cm³/mol. The van der Waals surface area contributed by atoms with E-state index in [2.05, 4.69) is 31.2 Å².